The van der Waals surface area contributed by atoms with E-state index in [2.05, 4.69) is 12.1 Å². The minimum atomic E-state index is 0.0127. The third-order valence-electron chi connectivity index (χ3n) is 2.10. The zero-order valence-electron chi connectivity index (χ0n) is 7.88. The highest BCUT2D eigenvalue weighted by atomic mass is 14.4. The molecule has 0 heterocycles. The van der Waals surface area contributed by atoms with Crippen LogP contribution in [0.3, 0.4) is 0 Å². The van der Waals surface area contributed by atoms with E-state index in [1.54, 1.807) is 0 Å². The molecule has 0 aromatic carbocycles. The highest BCUT2D eigenvalue weighted by molar-refractivity contribution is 4.99. The summed E-state index contributed by atoms with van der Waals surface area (Å²) in [4.78, 5) is 0. The van der Waals surface area contributed by atoms with Gasteiger partial charge in [-0.1, -0.05) is 26.7 Å². The van der Waals surface area contributed by atoms with Gasteiger partial charge in [-0.2, -0.15) is 10.5 Å². The van der Waals surface area contributed by atoms with E-state index in [1.165, 1.54) is 0 Å². The van der Waals surface area contributed by atoms with Crippen LogP contribution in [-0.2, 0) is 0 Å². The summed E-state index contributed by atoms with van der Waals surface area (Å²) >= 11 is 0. The normalized spacial score (nSPS) is 27.3. The van der Waals surface area contributed by atoms with Crippen molar-refractivity contribution in [2.75, 3.05) is 0 Å². The molecule has 0 aromatic rings. The first-order chi connectivity index (χ1) is 5.88. The first-order valence-corrected chi connectivity index (χ1v) is 4.67. The molecule has 1 saturated carbocycles. The number of hydrogen-bond acceptors (Lipinski definition) is 2. The Morgan fingerprint density at radius 1 is 0.917 bits per heavy atom. The second kappa shape index (κ2) is 6.68. The Kier molecular flexibility index (Phi) is 6.11. The van der Waals surface area contributed by atoms with E-state index in [9.17, 15) is 0 Å². The standard InChI is InChI=1S/C8H10N2.C2H6/c9-5-7-3-1-2-4-8(7)6-10;1-2/h7-8H,1-4H2;1-2H3/t7-,8?;/m1./s1. The molecule has 1 fully saturated rings. The van der Waals surface area contributed by atoms with Crippen LogP contribution in [0.15, 0.2) is 0 Å². The maximum Gasteiger partial charge on any atom is 0.0669 e. The van der Waals surface area contributed by atoms with Crippen molar-refractivity contribution in [1.82, 2.24) is 0 Å². The van der Waals surface area contributed by atoms with Crippen molar-refractivity contribution in [2.24, 2.45) is 11.8 Å². The topological polar surface area (TPSA) is 47.6 Å². The van der Waals surface area contributed by atoms with E-state index in [0.29, 0.717) is 0 Å². The monoisotopic (exact) mass is 164 g/mol. The second-order valence-corrected chi connectivity index (χ2v) is 2.76. The summed E-state index contributed by atoms with van der Waals surface area (Å²) < 4.78 is 0. The molecule has 1 aliphatic rings. The van der Waals surface area contributed by atoms with Crippen LogP contribution >= 0.6 is 0 Å². The summed E-state index contributed by atoms with van der Waals surface area (Å²) in [6.07, 6.45) is 4.09. The van der Waals surface area contributed by atoms with E-state index in [-0.39, 0.29) is 11.8 Å². The Morgan fingerprint density at radius 3 is 1.50 bits per heavy atom. The van der Waals surface area contributed by atoms with Crippen LogP contribution in [0.4, 0.5) is 0 Å². The number of hydrogen-bond donors (Lipinski definition) is 0. The third kappa shape index (κ3) is 2.93. The molecule has 0 aromatic heterocycles. The van der Waals surface area contributed by atoms with Gasteiger partial charge in [-0.05, 0) is 12.8 Å². The van der Waals surface area contributed by atoms with E-state index in [0.717, 1.165) is 25.7 Å². The molecule has 0 radical (unpaired) electrons. The lowest BCUT2D eigenvalue weighted by Crippen LogP contribution is -2.15. The van der Waals surface area contributed by atoms with Gasteiger partial charge in [0.15, 0.2) is 0 Å². The summed E-state index contributed by atoms with van der Waals surface area (Å²) in [5.41, 5.74) is 0. The van der Waals surface area contributed by atoms with Crippen molar-refractivity contribution in [3.8, 4) is 12.1 Å². The fraction of sp³-hybridized carbons (Fsp3) is 0.800. The van der Waals surface area contributed by atoms with Crippen molar-refractivity contribution < 1.29 is 0 Å². The lowest BCUT2D eigenvalue weighted by Gasteiger charge is -2.19. The number of nitriles is 2. The average Bonchev–Trinajstić information content (AvgIpc) is 2.20. The Bertz CT molecular complexity index is 163. The minimum Gasteiger partial charge on any atom is -0.198 e. The van der Waals surface area contributed by atoms with E-state index < -0.39 is 0 Å². The first kappa shape index (κ1) is 11.0. The Hall–Kier alpha value is -1.02. The first-order valence-electron chi connectivity index (χ1n) is 4.67. The van der Waals surface area contributed by atoms with Gasteiger partial charge in [0, 0.05) is 0 Å². The minimum absolute atomic E-state index is 0.0127. The Labute approximate surface area is 74.8 Å². The van der Waals surface area contributed by atoms with E-state index in [4.69, 9.17) is 10.5 Å². The Morgan fingerprint density at radius 2 is 1.25 bits per heavy atom. The fourth-order valence-electron chi connectivity index (χ4n) is 1.44. The summed E-state index contributed by atoms with van der Waals surface area (Å²) in [6.45, 7) is 4.00. The Balaban J connectivity index is 0.000000561. The molecule has 0 saturated heterocycles. The predicted octanol–water partition coefficient (Wildman–Crippen LogP) is 2.87. The molecule has 1 rings (SSSR count). The molecule has 0 bridgehead atoms. The van der Waals surface area contributed by atoms with E-state index >= 15 is 0 Å². The van der Waals surface area contributed by atoms with Crippen LogP contribution in [0.2, 0.25) is 0 Å². The van der Waals surface area contributed by atoms with Gasteiger partial charge in [-0.3, -0.25) is 0 Å². The quantitative estimate of drug-likeness (QED) is 0.552. The van der Waals surface area contributed by atoms with Crippen molar-refractivity contribution in [1.29, 1.82) is 10.5 Å². The highest BCUT2D eigenvalue weighted by Gasteiger charge is 2.23. The molecule has 2 atom stereocenters. The van der Waals surface area contributed by atoms with Gasteiger partial charge >= 0.3 is 0 Å². The van der Waals surface area contributed by atoms with Crippen LogP contribution in [0, 0.1) is 34.5 Å². The van der Waals surface area contributed by atoms with Gasteiger partial charge in [0.25, 0.3) is 0 Å². The molecule has 12 heavy (non-hydrogen) atoms. The number of nitrogens with zero attached hydrogens (tertiary/aromatic N) is 2. The van der Waals surface area contributed by atoms with Gasteiger partial charge in [0.2, 0.25) is 0 Å². The average molecular weight is 164 g/mol. The summed E-state index contributed by atoms with van der Waals surface area (Å²) in [7, 11) is 0. The third-order valence-corrected chi connectivity index (χ3v) is 2.10. The smallest absolute Gasteiger partial charge is 0.0669 e. The van der Waals surface area contributed by atoms with Crippen LogP contribution < -0.4 is 0 Å². The summed E-state index contributed by atoms with van der Waals surface area (Å²) in [5.74, 6) is 0.0255. The van der Waals surface area contributed by atoms with E-state index in [1.807, 2.05) is 13.8 Å². The molecule has 66 valence electrons. The van der Waals surface area contributed by atoms with Crippen LogP contribution in [0.25, 0.3) is 0 Å². The summed E-state index contributed by atoms with van der Waals surface area (Å²) in [6, 6.07) is 4.36. The molecular formula is C10H16N2. The van der Waals surface area contributed by atoms with Gasteiger partial charge in [-0.15, -0.1) is 0 Å². The molecule has 1 unspecified atom stereocenters. The van der Waals surface area contributed by atoms with Crippen LogP contribution in [0.1, 0.15) is 39.5 Å². The molecule has 0 N–H and O–H groups in total. The molecule has 1 aliphatic carbocycles. The zero-order chi connectivity index (χ0) is 9.40. The molecule has 2 heteroatoms. The van der Waals surface area contributed by atoms with Gasteiger partial charge in [0.05, 0.1) is 24.0 Å². The molecular weight excluding hydrogens is 148 g/mol. The lowest BCUT2D eigenvalue weighted by molar-refractivity contribution is 0.352. The largest absolute Gasteiger partial charge is 0.198 e. The SMILES string of the molecule is CC.N#CC1CCCC[C@@H]1C#N. The van der Waals surface area contributed by atoms with Crippen LogP contribution in [0.5, 0.6) is 0 Å². The van der Waals surface area contributed by atoms with Gasteiger partial charge < -0.3 is 0 Å². The van der Waals surface area contributed by atoms with Crippen molar-refractivity contribution in [2.45, 2.75) is 39.5 Å². The van der Waals surface area contributed by atoms with Crippen molar-refractivity contribution >= 4 is 0 Å². The van der Waals surface area contributed by atoms with Gasteiger partial charge in [0.1, 0.15) is 0 Å². The lowest BCUT2D eigenvalue weighted by atomic mass is 9.81. The zero-order valence-corrected chi connectivity index (χ0v) is 7.88. The molecule has 0 aliphatic heterocycles. The van der Waals surface area contributed by atoms with Crippen molar-refractivity contribution in [3.05, 3.63) is 0 Å². The maximum atomic E-state index is 8.59. The molecule has 0 spiro atoms. The molecule has 2 nitrogen and oxygen atoms in total. The molecule has 0 amide bonds. The summed E-state index contributed by atoms with van der Waals surface area (Å²) in [5, 5.41) is 17.2. The van der Waals surface area contributed by atoms with Gasteiger partial charge in [-0.25, -0.2) is 0 Å². The second-order valence-electron chi connectivity index (χ2n) is 2.76. The van der Waals surface area contributed by atoms with Crippen molar-refractivity contribution in [3.63, 3.8) is 0 Å². The highest BCUT2D eigenvalue weighted by Crippen LogP contribution is 2.28. The number of rotatable bonds is 0. The predicted molar refractivity (Wildman–Crippen MR) is 48.0 cm³/mol. The van der Waals surface area contributed by atoms with Crippen LogP contribution in [-0.4, -0.2) is 0 Å². The fourth-order valence-corrected chi connectivity index (χ4v) is 1.44. The maximum absolute atomic E-state index is 8.59.